The Kier molecular flexibility index (Phi) is 7.83. The Bertz CT molecular complexity index is 1040. The summed E-state index contributed by atoms with van der Waals surface area (Å²) in [5, 5.41) is 9.44. The van der Waals surface area contributed by atoms with Crippen molar-refractivity contribution in [2.24, 2.45) is 0 Å². The molecule has 3 aromatic rings. The van der Waals surface area contributed by atoms with Gasteiger partial charge in [0, 0.05) is 29.9 Å². The Hall–Kier alpha value is -3.39. The third-order valence-electron chi connectivity index (χ3n) is 5.15. The number of nitrogens with one attached hydrogen (secondary N) is 2. The summed E-state index contributed by atoms with van der Waals surface area (Å²) in [6.45, 7) is 2.99. The minimum atomic E-state index is -0.476. The lowest BCUT2D eigenvalue weighted by molar-refractivity contribution is -0.117. The molecule has 0 saturated heterocycles. The molecule has 32 heavy (non-hydrogen) atoms. The first-order valence-corrected chi connectivity index (χ1v) is 10.5. The van der Waals surface area contributed by atoms with Crippen LogP contribution in [0.3, 0.4) is 0 Å². The van der Waals surface area contributed by atoms with Crippen LogP contribution in [0, 0.1) is 5.82 Å². The summed E-state index contributed by atoms with van der Waals surface area (Å²) in [5.74, 6) is -0.0589. The number of methoxy groups -OCH3 is 1. The molecule has 1 heterocycles. The van der Waals surface area contributed by atoms with Crippen LogP contribution in [0.1, 0.15) is 24.8 Å². The number of likely N-dealkylation sites (N-methyl/N-ethyl adjacent to an activating group) is 1. The molecule has 0 aliphatic heterocycles. The molecule has 2 aromatic carbocycles. The van der Waals surface area contributed by atoms with Gasteiger partial charge in [-0.15, -0.1) is 0 Å². The van der Waals surface area contributed by atoms with Gasteiger partial charge in [-0.3, -0.25) is 9.89 Å². The first kappa shape index (κ1) is 23.3. The molecular weight excluding hydrogens is 411 g/mol. The van der Waals surface area contributed by atoms with E-state index in [1.165, 1.54) is 12.3 Å². The molecule has 1 atom stereocenters. The summed E-state index contributed by atoms with van der Waals surface area (Å²) in [6.07, 6.45) is 3.72. The molecule has 0 bridgehead atoms. The third-order valence-corrected chi connectivity index (χ3v) is 5.15. The summed E-state index contributed by atoms with van der Waals surface area (Å²) < 4.78 is 26.1. The molecule has 0 spiro atoms. The van der Waals surface area contributed by atoms with Crippen LogP contribution in [-0.4, -0.2) is 55.4 Å². The average molecular weight is 441 g/mol. The molecule has 3 rings (SSSR count). The maximum Gasteiger partial charge on any atom is 0.232 e. The number of ether oxygens (including phenoxy) is 2. The molecule has 0 aliphatic rings. The number of hydrogen-bond acceptors (Lipinski definition) is 5. The highest BCUT2D eigenvalue weighted by Crippen LogP contribution is 2.34. The van der Waals surface area contributed by atoms with Crippen LogP contribution in [-0.2, 0) is 4.79 Å². The molecule has 0 radical (unpaired) electrons. The van der Waals surface area contributed by atoms with E-state index in [9.17, 15) is 9.18 Å². The lowest BCUT2D eigenvalue weighted by Gasteiger charge is -2.19. The summed E-state index contributed by atoms with van der Waals surface area (Å²) in [7, 11) is 5.46. The van der Waals surface area contributed by atoms with E-state index in [0.717, 1.165) is 5.56 Å². The van der Waals surface area contributed by atoms with Crippen LogP contribution in [0.25, 0.3) is 11.1 Å². The van der Waals surface area contributed by atoms with Gasteiger partial charge in [0.2, 0.25) is 5.91 Å². The maximum atomic E-state index is 14.9. The van der Waals surface area contributed by atoms with Crippen LogP contribution in [0.2, 0.25) is 0 Å². The first-order valence-electron chi connectivity index (χ1n) is 10.5. The maximum absolute atomic E-state index is 14.9. The smallest absolute Gasteiger partial charge is 0.232 e. The van der Waals surface area contributed by atoms with Crippen molar-refractivity contribution in [1.29, 1.82) is 0 Å². The molecule has 7 nitrogen and oxygen atoms in total. The quantitative estimate of drug-likeness (QED) is 0.492. The van der Waals surface area contributed by atoms with Crippen molar-refractivity contribution >= 4 is 11.6 Å². The fraction of sp³-hybridized carbons (Fsp3) is 0.333. The van der Waals surface area contributed by atoms with E-state index in [0.29, 0.717) is 47.9 Å². The van der Waals surface area contributed by atoms with Crippen LogP contribution in [0.5, 0.6) is 11.5 Å². The highest BCUT2D eigenvalue weighted by Gasteiger charge is 2.22. The van der Waals surface area contributed by atoms with E-state index in [-0.39, 0.29) is 5.91 Å². The van der Waals surface area contributed by atoms with Gasteiger partial charge in [0.25, 0.3) is 0 Å². The van der Waals surface area contributed by atoms with Crippen molar-refractivity contribution in [3.8, 4) is 22.6 Å². The second-order valence-electron chi connectivity index (χ2n) is 7.69. The number of nitrogens with zero attached hydrogens (tertiary/aromatic N) is 2. The lowest BCUT2D eigenvalue weighted by Crippen LogP contribution is -2.22. The summed E-state index contributed by atoms with van der Waals surface area (Å²) in [5.41, 5.74) is 2.06. The molecule has 0 fully saturated rings. The highest BCUT2D eigenvalue weighted by molar-refractivity contribution is 5.97. The van der Waals surface area contributed by atoms with Gasteiger partial charge < -0.3 is 19.7 Å². The van der Waals surface area contributed by atoms with Crippen LogP contribution in [0.4, 0.5) is 10.1 Å². The number of carbonyl (C=O) groups is 1. The molecule has 0 saturated carbocycles. The topological polar surface area (TPSA) is 79.5 Å². The van der Waals surface area contributed by atoms with Gasteiger partial charge in [-0.25, -0.2) is 4.39 Å². The number of aromatic nitrogens is 2. The van der Waals surface area contributed by atoms with E-state index in [1.807, 2.05) is 50.2 Å². The number of aromatic amines is 1. The summed E-state index contributed by atoms with van der Waals surface area (Å²) in [4.78, 5) is 15.1. The molecule has 0 aliphatic carbocycles. The van der Waals surface area contributed by atoms with Gasteiger partial charge in [-0.2, -0.15) is 5.10 Å². The number of anilines is 1. The Morgan fingerprint density at radius 2 is 2.09 bits per heavy atom. The zero-order valence-corrected chi connectivity index (χ0v) is 18.8. The number of amides is 1. The van der Waals surface area contributed by atoms with Crippen LogP contribution < -0.4 is 14.8 Å². The Morgan fingerprint density at radius 3 is 2.75 bits per heavy atom. The zero-order chi connectivity index (χ0) is 23.1. The van der Waals surface area contributed by atoms with Gasteiger partial charge >= 0.3 is 0 Å². The number of H-pyrrole nitrogens is 1. The van der Waals surface area contributed by atoms with Crippen molar-refractivity contribution < 1.29 is 18.7 Å². The van der Waals surface area contributed by atoms with Crippen molar-refractivity contribution in [2.75, 3.05) is 39.7 Å². The summed E-state index contributed by atoms with van der Waals surface area (Å²) >= 11 is 0. The molecule has 1 amide bonds. The standard InChI is InChI=1S/C24H29FN4O3/c1-5-19(16-7-6-8-18(11-16)31-4)24(30)28-22-13-21(25)20(17-14-26-27-15-17)12-23(22)32-10-9-29(2)3/h6-8,11-15,19H,5,9-10H2,1-4H3,(H,26,27)(H,28,30). The number of hydrogen-bond donors (Lipinski definition) is 2. The second-order valence-corrected chi connectivity index (χ2v) is 7.69. The van der Waals surface area contributed by atoms with Crippen LogP contribution in [0.15, 0.2) is 48.8 Å². The summed E-state index contributed by atoms with van der Waals surface area (Å²) in [6, 6.07) is 10.3. The van der Waals surface area contributed by atoms with Crippen molar-refractivity contribution in [3.63, 3.8) is 0 Å². The minimum Gasteiger partial charge on any atom is -0.497 e. The zero-order valence-electron chi connectivity index (χ0n) is 18.8. The predicted octanol–water partition coefficient (Wildman–Crippen LogP) is 4.30. The molecule has 8 heteroatoms. The second kappa shape index (κ2) is 10.8. The number of halogens is 1. The normalized spacial score (nSPS) is 11.9. The Labute approximate surface area is 187 Å². The van der Waals surface area contributed by atoms with Gasteiger partial charge in [0.15, 0.2) is 0 Å². The monoisotopic (exact) mass is 440 g/mol. The number of rotatable bonds is 10. The van der Waals surface area contributed by atoms with Gasteiger partial charge in [-0.1, -0.05) is 19.1 Å². The van der Waals surface area contributed by atoms with E-state index < -0.39 is 11.7 Å². The molecular formula is C24H29FN4O3. The van der Waals surface area contributed by atoms with E-state index in [2.05, 4.69) is 15.5 Å². The van der Waals surface area contributed by atoms with Gasteiger partial charge in [-0.05, 0) is 44.3 Å². The van der Waals surface area contributed by atoms with E-state index in [4.69, 9.17) is 9.47 Å². The van der Waals surface area contributed by atoms with Crippen molar-refractivity contribution in [3.05, 3.63) is 60.2 Å². The molecule has 1 unspecified atom stereocenters. The molecule has 170 valence electrons. The van der Waals surface area contributed by atoms with E-state index in [1.54, 1.807) is 19.4 Å². The molecule has 1 aromatic heterocycles. The Morgan fingerprint density at radius 1 is 1.28 bits per heavy atom. The number of carbonyl (C=O) groups excluding carboxylic acids is 1. The van der Waals surface area contributed by atoms with Gasteiger partial charge in [0.1, 0.15) is 23.9 Å². The van der Waals surface area contributed by atoms with Gasteiger partial charge in [0.05, 0.1) is 24.9 Å². The minimum absolute atomic E-state index is 0.242. The van der Waals surface area contributed by atoms with Crippen LogP contribution >= 0.6 is 0 Å². The fourth-order valence-electron chi connectivity index (χ4n) is 3.38. The first-order chi connectivity index (χ1) is 15.4. The fourth-order valence-corrected chi connectivity index (χ4v) is 3.38. The predicted molar refractivity (Wildman–Crippen MR) is 123 cm³/mol. The number of benzene rings is 2. The van der Waals surface area contributed by atoms with Crippen molar-refractivity contribution in [1.82, 2.24) is 15.1 Å². The highest BCUT2D eigenvalue weighted by atomic mass is 19.1. The third kappa shape index (κ3) is 5.64. The lowest BCUT2D eigenvalue weighted by atomic mass is 9.95. The molecule has 2 N–H and O–H groups in total. The average Bonchev–Trinajstić information content (AvgIpc) is 3.30. The van der Waals surface area contributed by atoms with Crippen molar-refractivity contribution in [2.45, 2.75) is 19.3 Å². The largest absolute Gasteiger partial charge is 0.497 e. The Balaban J connectivity index is 1.90. The SMILES string of the molecule is CCC(C(=O)Nc1cc(F)c(-c2cn[nH]c2)cc1OCCN(C)C)c1cccc(OC)c1. The van der Waals surface area contributed by atoms with E-state index >= 15 is 0 Å².